The van der Waals surface area contributed by atoms with Crippen molar-refractivity contribution >= 4 is 29.3 Å². The Labute approximate surface area is 223 Å². The van der Waals surface area contributed by atoms with Crippen LogP contribution in [-0.4, -0.2) is 52.6 Å². The first-order valence-corrected chi connectivity index (χ1v) is 11.9. The third-order valence-electron chi connectivity index (χ3n) is 5.27. The summed E-state index contributed by atoms with van der Waals surface area (Å²) in [5.41, 5.74) is 6.25. The average Bonchev–Trinajstić information content (AvgIpc) is 2.88. The first kappa shape index (κ1) is 30.0. The van der Waals surface area contributed by atoms with Gasteiger partial charge in [-0.25, -0.2) is 9.69 Å². The number of rotatable bonds is 10. The maximum atomic E-state index is 13.1. The van der Waals surface area contributed by atoms with E-state index in [4.69, 9.17) is 29.4 Å². The minimum atomic E-state index is -0.843. The van der Waals surface area contributed by atoms with Gasteiger partial charge in [0.2, 0.25) is 11.7 Å². The van der Waals surface area contributed by atoms with Gasteiger partial charge in [-0.3, -0.25) is 4.79 Å². The van der Waals surface area contributed by atoms with Crippen molar-refractivity contribution in [1.29, 1.82) is 5.26 Å². The van der Waals surface area contributed by atoms with Gasteiger partial charge >= 0.3 is 6.09 Å². The number of ether oxygens (including phenoxy) is 5. The van der Waals surface area contributed by atoms with E-state index in [-0.39, 0.29) is 30.0 Å². The van der Waals surface area contributed by atoms with E-state index in [2.05, 4.69) is 6.07 Å². The molecule has 204 valence electrons. The van der Waals surface area contributed by atoms with Crippen molar-refractivity contribution in [2.45, 2.75) is 39.2 Å². The fourth-order valence-electron chi connectivity index (χ4n) is 3.56. The van der Waals surface area contributed by atoms with Crippen molar-refractivity contribution in [3.05, 3.63) is 41.5 Å². The van der Waals surface area contributed by atoms with Crippen molar-refractivity contribution in [2.75, 3.05) is 39.9 Å². The zero-order valence-electron chi connectivity index (χ0n) is 22.9. The number of nitrogens with two attached hydrogens (primary N) is 1. The highest BCUT2D eigenvalue weighted by atomic mass is 16.6. The van der Waals surface area contributed by atoms with Crippen LogP contribution in [0.15, 0.2) is 30.3 Å². The summed E-state index contributed by atoms with van der Waals surface area (Å²) in [7, 11) is 5.90. The fourth-order valence-corrected chi connectivity index (χ4v) is 3.56. The Kier molecular flexibility index (Phi) is 10.5. The number of carbonyl (C=O) groups is 2. The Morgan fingerprint density at radius 1 is 0.974 bits per heavy atom. The maximum absolute atomic E-state index is 13.1. The normalized spacial score (nSPS) is 11.3. The van der Waals surface area contributed by atoms with E-state index in [0.29, 0.717) is 34.8 Å². The van der Waals surface area contributed by atoms with E-state index >= 15 is 0 Å². The fraction of sp³-hybridized carbons (Fsp3) is 0.393. The van der Waals surface area contributed by atoms with Crippen LogP contribution in [0.4, 0.5) is 10.5 Å². The lowest BCUT2D eigenvalue weighted by Crippen LogP contribution is -2.41. The molecule has 2 N–H and O–H groups in total. The van der Waals surface area contributed by atoms with E-state index in [1.54, 1.807) is 57.2 Å². The third-order valence-corrected chi connectivity index (χ3v) is 5.27. The molecule has 2 amide bonds. The number of nitrogens with zero attached hydrogens (tertiary/aromatic N) is 2. The zero-order valence-corrected chi connectivity index (χ0v) is 22.9. The van der Waals surface area contributed by atoms with E-state index in [9.17, 15) is 14.9 Å². The molecule has 0 atom stereocenters. The van der Waals surface area contributed by atoms with Crippen LogP contribution in [0.25, 0.3) is 11.6 Å². The molecule has 0 aromatic heterocycles. The van der Waals surface area contributed by atoms with Crippen LogP contribution in [-0.2, 0) is 9.53 Å². The van der Waals surface area contributed by atoms with Crippen molar-refractivity contribution in [3.8, 4) is 29.1 Å². The standard InChI is InChI=1S/C28H35N3O7/c1-28(2,3)38-27(33)31(25(32)9-8-12-29)21-14-18(10-11-22(21)34-4)13-20(17-30)19-15-23(35-5)26(37-7)24(16-19)36-6/h10-11,13-16H,8-9,12,29H2,1-7H3. The van der Waals surface area contributed by atoms with Gasteiger partial charge in [0.15, 0.2) is 11.5 Å². The Balaban J connectivity index is 2.67. The molecule has 0 saturated heterocycles. The summed E-state index contributed by atoms with van der Waals surface area (Å²) in [5, 5.41) is 9.97. The molecule has 38 heavy (non-hydrogen) atoms. The maximum Gasteiger partial charge on any atom is 0.421 e. The van der Waals surface area contributed by atoms with Gasteiger partial charge in [-0.1, -0.05) is 6.07 Å². The lowest BCUT2D eigenvalue weighted by molar-refractivity contribution is -0.118. The highest BCUT2D eigenvalue weighted by molar-refractivity contribution is 6.13. The average molecular weight is 526 g/mol. The molecule has 0 aliphatic rings. The molecule has 0 heterocycles. The summed E-state index contributed by atoms with van der Waals surface area (Å²) < 4.78 is 27.1. The van der Waals surface area contributed by atoms with Gasteiger partial charge in [0.25, 0.3) is 0 Å². The van der Waals surface area contributed by atoms with Crippen LogP contribution < -0.4 is 29.6 Å². The number of carbonyl (C=O) groups excluding carboxylic acids is 2. The topological polar surface area (TPSA) is 133 Å². The molecular weight excluding hydrogens is 490 g/mol. The summed E-state index contributed by atoms with van der Waals surface area (Å²) >= 11 is 0. The minimum absolute atomic E-state index is 0.0356. The van der Waals surface area contributed by atoms with Gasteiger partial charge in [-0.2, -0.15) is 5.26 Å². The molecular formula is C28H35N3O7. The molecule has 0 radical (unpaired) electrons. The SMILES string of the molecule is COc1ccc(C=C(C#N)c2cc(OC)c(OC)c(OC)c2)cc1N(C(=O)CCCN)C(=O)OC(C)(C)C. The predicted molar refractivity (Wildman–Crippen MR) is 145 cm³/mol. The van der Waals surface area contributed by atoms with Crippen LogP contribution in [0.1, 0.15) is 44.7 Å². The Morgan fingerprint density at radius 3 is 2.05 bits per heavy atom. The smallest absolute Gasteiger partial charge is 0.421 e. The van der Waals surface area contributed by atoms with E-state index in [1.807, 2.05) is 0 Å². The van der Waals surface area contributed by atoms with Crippen LogP contribution in [0.3, 0.4) is 0 Å². The Morgan fingerprint density at radius 2 is 1.58 bits per heavy atom. The number of hydrogen-bond donors (Lipinski definition) is 1. The molecule has 2 aromatic rings. The number of benzene rings is 2. The molecule has 10 heteroatoms. The molecule has 0 bridgehead atoms. The summed E-state index contributed by atoms with van der Waals surface area (Å²) in [6.45, 7) is 5.41. The first-order chi connectivity index (χ1) is 18.0. The molecule has 0 fully saturated rings. The van der Waals surface area contributed by atoms with Gasteiger partial charge in [0.05, 0.1) is 45.8 Å². The summed E-state index contributed by atoms with van der Waals surface area (Å²) in [6, 6.07) is 10.4. The van der Waals surface area contributed by atoms with Gasteiger partial charge in [0.1, 0.15) is 11.4 Å². The highest BCUT2D eigenvalue weighted by Crippen LogP contribution is 2.40. The van der Waals surface area contributed by atoms with Gasteiger partial charge < -0.3 is 29.4 Å². The molecule has 0 unspecified atom stereocenters. The van der Waals surface area contributed by atoms with Crippen LogP contribution in [0.2, 0.25) is 0 Å². The summed E-state index contributed by atoms with van der Waals surface area (Å²) in [4.78, 5) is 27.2. The number of anilines is 1. The van der Waals surface area contributed by atoms with Gasteiger partial charge in [-0.15, -0.1) is 0 Å². The first-order valence-electron chi connectivity index (χ1n) is 11.9. The summed E-state index contributed by atoms with van der Waals surface area (Å²) in [5.74, 6) is 0.960. The Hall–Kier alpha value is -4.23. The molecule has 0 spiro atoms. The molecule has 0 saturated carbocycles. The summed E-state index contributed by atoms with van der Waals surface area (Å²) in [6.07, 6.45) is 1.19. The van der Waals surface area contributed by atoms with Crippen molar-refractivity contribution < 1.29 is 33.3 Å². The number of hydrogen-bond acceptors (Lipinski definition) is 9. The molecule has 10 nitrogen and oxygen atoms in total. The van der Waals surface area contributed by atoms with Crippen LogP contribution in [0.5, 0.6) is 23.0 Å². The monoisotopic (exact) mass is 525 g/mol. The van der Waals surface area contributed by atoms with Crippen molar-refractivity contribution in [3.63, 3.8) is 0 Å². The van der Waals surface area contributed by atoms with Gasteiger partial charge in [-0.05, 0) is 75.2 Å². The van der Waals surface area contributed by atoms with E-state index in [0.717, 1.165) is 4.90 Å². The second-order valence-electron chi connectivity index (χ2n) is 9.12. The number of allylic oxidation sites excluding steroid dienone is 1. The lowest BCUT2D eigenvalue weighted by atomic mass is 10.0. The molecule has 2 rings (SSSR count). The zero-order chi connectivity index (χ0) is 28.5. The molecule has 0 aliphatic heterocycles. The largest absolute Gasteiger partial charge is 0.495 e. The van der Waals surface area contributed by atoms with E-state index in [1.165, 1.54) is 28.4 Å². The quantitative estimate of drug-likeness (QED) is 0.343. The van der Waals surface area contributed by atoms with Gasteiger partial charge in [0, 0.05) is 6.42 Å². The molecule has 0 aliphatic carbocycles. The number of imide groups is 1. The third kappa shape index (κ3) is 7.40. The van der Waals surface area contributed by atoms with E-state index < -0.39 is 17.6 Å². The highest BCUT2D eigenvalue weighted by Gasteiger charge is 2.30. The number of amides is 2. The van der Waals surface area contributed by atoms with Crippen LogP contribution >= 0.6 is 0 Å². The lowest BCUT2D eigenvalue weighted by Gasteiger charge is -2.27. The van der Waals surface area contributed by atoms with Crippen LogP contribution in [0, 0.1) is 11.3 Å². The second kappa shape index (κ2) is 13.4. The number of methoxy groups -OCH3 is 4. The number of nitriles is 1. The molecule has 2 aromatic carbocycles. The Bertz CT molecular complexity index is 1200. The van der Waals surface area contributed by atoms with Crippen molar-refractivity contribution in [2.24, 2.45) is 5.73 Å². The predicted octanol–water partition coefficient (Wildman–Crippen LogP) is 4.79. The van der Waals surface area contributed by atoms with Crippen molar-refractivity contribution in [1.82, 2.24) is 0 Å². The second-order valence-corrected chi connectivity index (χ2v) is 9.12. The minimum Gasteiger partial charge on any atom is -0.495 e.